The lowest BCUT2D eigenvalue weighted by atomic mass is 9.80. The number of amides is 1. The van der Waals surface area contributed by atoms with E-state index in [1.807, 2.05) is 0 Å². The SMILES string of the molecule is CC1(C(=O)O)CCN(CC(=O)NCC(F)(F)F)CC1. The van der Waals surface area contributed by atoms with E-state index in [2.05, 4.69) is 0 Å². The van der Waals surface area contributed by atoms with Crippen molar-refractivity contribution >= 4 is 11.9 Å². The maximum absolute atomic E-state index is 11.9. The zero-order valence-corrected chi connectivity index (χ0v) is 10.6. The van der Waals surface area contributed by atoms with E-state index >= 15 is 0 Å². The van der Waals surface area contributed by atoms with Crippen molar-refractivity contribution in [3.63, 3.8) is 0 Å². The van der Waals surface area contributed by atoms with E-state index in [-0.39, 0.29) is 6.54 Å². The molecule has 1 amide bonds. The number of halogens is 3. The van der Waals surface area contributed by atoms with E-state index in [1.54, 1.807) is 17.1 Å². The van der Waals surface area contributed by atoms with Gasteiger partial charge < -0.3 is 10.4 Å². The summed E-state index contributed by atoms with van der Waals surface area (Å²) in [5.74, 6) is -1.58. The van der Waals surface area contributed by atoms with Crippen molar-refractivity contribution in [1.82, 2.24) is 10.2 Å². The van der Waals surface area contributed by atoms with Crippen LogP contribution in [0, 0.1) is 5.41 Å². The summed E-state index contributed by atoms with van der Waals surface area (Å²) in [5, 5.41) is 10.8. The molecule has 19 heavy (non-hydrogen) atoms. The molecular formula is C11H17F3N2O3. The average Bonchev–Trinajstić information content (AvgIpc) is 2.29. The molecular weight excluding hydrogens is 265 g/mol. The van der Waals surface area contributed by atoms with Crippen molar-refractivity contribution in [2.75, 3.05) is 26.2 Å². The van der Waals surface area contributed by atoms with Crippen LogP contribution in [0.5, 0.6) is 0 Å². The third kappa shape index (κ3) is 5.06. The molecule has 0 aliphatic carbocycles. The van der Waals surface area contributed by atoms with Crippen LogP contribution < -0.4 is 5.32 Å². The molecule has 0 spiro atoms. The minimum atomic E-state index is -4.42. The third-order valence-electron chi connectivity index (χ3n) is 3.33. The van der Waals surface area contributed by atoms with Crippen LogP contribution in [0.15, 0.2) is 0 Å². The van der Waals surface area contributed by atoms with Crippen LogP contribution in [0.25, 0.3) is 0 Å². The van der Waals surface area contributed by atoms with Crippen molar-refractivity contribution in [2.24, 2.45) is 5.41 Å². The molecule has 0 radical (unpaired) electrons. The molecule has 110 valence electrons. The molecule has 0 atom stereocenters. The van der Waals surface area contributed by atoms with Crippen LogP contribution >= 0.6 is 0 Å². The lowest BCUT2D eigenvalue weighted by molar-refractivity contribution is -0.151. The number of likely N-dealkylation sites (tertiary alicyclic amines) is 1. The first-order valence-electron chi connectivity index (χ1n) is 5.92. The van der Waals surface area contributed by atoms with Gasteiger partial charge in [-0.3, -0.25) is 14.5 Å². The molecule has 5 nitrogen and oxygen atoms in total. The molecule has 1 fully saturated rings. The van der Waals surface area contributed by atoms with E-state index in [0.29, 0.717) is 25.9 Å². The van der Waals surface area contributed by atoms with Crippen molar-refractivity contribution in [3.05, 3.63) is 0 Å². The highest BCUT2D eigenvalue weighted by atomic mass is 19.4. The van der Waals surface area contributed by atoms with Crippen molar-refractivity contribution in [2.45, 2.75) is 25.9 Å². The van der Waals surface area contributed by atoms with Gasteiger partial charge in [0.2, 0.25) is 5.91 Å². The molecule has 1 saturated heterocycles. The number of rotatable bonds is 4. The summed E-state index contributed by atoms with van der Waals surface area (Å²) in [6.45, 7) is 0.944. The Morgan fingerprint density at radius 2 is 1.84 bits per heavy atom. The van der Waals surface area contributed by atoms with Crippen LogP contribution in [-0.2, 0) is 9.59 Å². The number of carboxylic acids is 1. The quantitative estimate of drug-likeness (QED) is 0.802. The minimum absolute atomic E-state index is 0.133. The van der Waals surface area contributed by atoms with Gasteiger partial charge in [0.25, 0.3) is 0 Å². The maximum atomic E-state index is 11.9. The fourth-order valence-corrected chi connectivity index (χ4v) is 1.88. The van der Waals surface area contributed by atoms with Gasteiger partial charge in [-0.05, 0) is 32.9 Å². The highest BCUT2D eigenvalue weighted by molar-refractivity contribution is 5.78. The molecule has 0 aromatic heterocycles. The average molecular weight is 282 g/mol. The molecule has 8 heteroatoms. The van der Waals surface area contributed by atoms with Crippen LogP contribution in [0.4, 0.5) is 13.2 Å². The van der Waals surface area contributed by atoms with Crippen molar-refractivity contribution in [1.29, 1.82) is 0 Å². The molecule has 0 saturated carbocycles. The summed E-state index contributed by atoms with van der Waals surface area (Å²) in [5.41, 5.74) is -0.807. The van der Waals surface area contributed by atoms with E-state index in [0.717, 1.165) is 0 Å². The van der Waals surface area contributed by atoms with Gasteiger partial charge in [-0.1, -0.05) is 0 Å². The number of carboxylic acid groups (broad SMARTS) is 1. The second-order valence-electron chi connectivity index (χ2n) is 5.03. The largest absolute Gasteiger partial charge is 0.481 e. The van der Waals surface area contributed by atoms with E-state index in [4.69, 9.17) is 5.11 Å². The first-order chi connectivity index (χ1) is 8.62. The summed E-state index contributed by atoms with van der Waals surface area (Å²) < 4.78 is 35.7. The molecule has 0 bridgehead atoms. The monoisotopic (exact) mass is 282 g/mol. The van der Waals surface area contributed by atoms with Crippen molar-refractivity contribution in [3.8, 4) is 0 Å². The zero-order chi connectivity index (χ0) is 14.7. The van der Waals surface area contributed by atoms with Crippen LogP contribution in [0.1, 0.15) is 19.8 Å². The first kappa shape index (κ1) is 15.7. The topological polar surface area (TPSA) is 69.6 Å². The van der Waals surface area contributed by atoms with Gasteiger partial charge in [-0.2, -0.15) is 13.2 Å². The second kappa shape index (κ2) is 5.77. The Morgan fingerprint density at radius 1 is 1.32 bits per heavy atom. The Morgan fingerprint density at radius 3 is 2.26 bits per heavy atom. The Bertz CT molecular complexity index is 350. The predicted molar refractivity (Wildman–Crippen MR) is 60.5 cm³/mol. The van der Waals surface area contributed by atoms with Gasteiger partial charge in [-0.25, -0.2) is 0 Å². The third-order valence-corrected chi connectivity index (χ3v) is 3.33. The number of hydrogen-bond acceptors (Lipinski definition) is 3. The maximum Gasteiger partial charge on any atom is 0.405 e. The molecule has 1 aliphatic heterocycles. The van der Waals surface area contributed by atoms with Crippen LogP contribution in [-0.4, -0.2) is 54.2 Å². The number of aliphatic carboxylic acids is 1. The van der Waals surface area contributed by atoms with Gasteiger partial charge in [-0.15, -0.1) is 0 Å². The number of carbonyl (C=O) groups is 2. The molecule has 0 aromatic carbocycles. The Hall–Kier alpha value is -1.31. The normalized spacial score (nSPS) is 20.0. The highest BCUT2D eigenvalue weighted by Crippen LogP contribution is 2.30. The standard InChI is InChI=1S/C11H17F3N2O3/c1-10(9(18)19)2-4-16(5-3-10)6-8(17)15-7-11(12,13)14/h2-7H2,1H3,(H,15,17)(H,18,19). The lowest BCUT2D eigenvalue weighted by Crippen LogP contribution is -2.47. The van der Waals surface area contributed by atoms with Gasteiger partial charge in [0.05, 0.1) is 12.0 Å². The Balaban J connectivity index is 2.33. The van der Waals surface area contributed by atoms with Gasteiger partial charge in [0.15, 0.2) is 0 Å². The highest BCUT2D eigenvalue weighted by Gasteiger charge is 2.37. The smallest absolute Gasteiger partial charge is 0.405 e. The molecule has 0 aromatic rings. The molecule has 2 N–H and O–H groups in total. The van der Waals surface area contributed by atoms with Crippen LogP contribution in [0.2, 0.25) is 0 Å². The van der Waals surface area contributed by atoms with E-state index < -0.39 is 30.0 Å². The number of alkyl halides is 3. The minimum Gasteiger partial charge on any atom is -0.481 e. The lowest BCUT2D eigenvalue weighted by Gasteiger charge is -2.36. The number of piperidine rings is 1. The summed E-state index contributed by atoms with van der Waals surface area (Å²) in [4.78, 5) is 23.9. The fourth-order valence-electron chi connectivity index (χ4n) is 1.88. The fraction of sp³-hybridized carbons (Fsp3) is 0.818. The second-order valence-corrected chi connectivity index (χ2v) is 5.03. The predicted octanol–water partition coefficient (Wildman–Crippen LogP) is 0.852. The summed E-state index contributed by atoms with van der Waals surface area (Å²) >= 11 is 0. The van der Waals surface area contributed by atoms with Crippen molar-refractivity contribution < 1.29 is 27.9 Å². The first-order valence-corrected chi connectivity index (χ1v) is 5.92. The van der Waals surface area contributed by atoms with E-state index in [1.165, 1.54) is 0 Å². The number of hydrogen-bond donors (Lipinski definition) is 2. The number of nitrogens with zero attached hydrogens (tertiary/aromatic N) is 1. The Kier molecular flexibility index (Phi) is 4.78. The Labute approximate surface area is 108 Å². The zero-order valence-electron chi connectivity index (χ0n) is 10.6. The number of nitrogens with one attached hydrogen (secondary N) is 1. The van der Waals surface area contributed by atoms with Crippen LogP contribution in [0.3, 0.4) is 0 Å². The molecule has 1 heterocycles. The summed E-state index contributed by atoms with van der Waals surface area (Å²) in [7, 11) is 0. The molecule has 1 rings (SSSR count). The molecule has 1 aliphatic rings. The van der Waals surface area contributed by atoms with Gasteiger partial charge >= 0.3 is 12.1 Å². The summed E-state index contributed by atoms with van der Waals surface area (Å²) in [6.07, 6.45) is -3.65. The summed E-state index contributed by atoms with van der Waals surface area (Å²) in [6, 6.07) is 0. The van der Waals surface area contributed by atoms with E-state index in [9.17, 15) is 22.8 Å². The van der Waals surface area contributed by atoms with Gasteiger partial charge in [0.1, 0.15) is 6.54 Å². The van der Waals surface area contributed by atoms with Gasteiger partial charge in [0, 0.05) is 0 Å². The molecule has 0 unspecified atom stereocenters. The number of carbonyl (C=O) groups excluding carboxylic acids is 1.